The molecule has 0 saturated heterocycles. The Bertz CT molecular complexity index is 1200. The summed E-state index contributed by atoms with van der Waals surface area (Å²) in [5.74, 6) is 0.726. The van der Waals surface area contributed by atoms with Gasteiger partial charge in [-0.1, -0.05) is 30.3 Å². The molecule has 0 spiro atoms. The van der Waals surface area contributed by atoms with Crippen LogP contribution in [-0.2, 0) is 16.1 Å². The van der Waals surface area contributed by atoms with Gasteiger partial charge in [-0.05, 0) is 43.2 Å². The fourth-order valence-electron chi connectivity index (χ4n) is 3.52. The van der Waals surface area contributed by atoms with E-state index in [0.29, 0.717) is 55.5 Å². The third-order valence-electron chi connectivity index (χ3n) is 5.25. The second-order valence-corrected chi connectivity index (χ2v) is 7.66. The highest BCUT2D eigenvalue weighted by atomic mass is 16.5. The van der Waals surface area contributed by atoms with Crippen molar-refractivity contribution in [3.8, 4) is 28.8 Å². The van der Waals surface area contributed by atoms with E-state index in [0.717, 1.165) is 11.1 Å². The van der Waals surface area contributed by atoms with E-state index < -0.39 is 5.91 Å². The molecular weight excluding hydrogens is 444 g/mol. The van der Waals surface area contributed by atoms with Crippen molar-refractivity contribution in [2.24, 2.45) is 0 Å². The molecule has 182 valence electrons. The average molecular weight is 475 g/mol. The molecule has 0 radical (unpaired) electrons. The van der Waals surface area contributed by atoms with Crippen LogP contribution in [0.5, 0.6) is 11.5 Å². The number of carbonyl (C=O) groups excluding carboxylic acids is 1. The second-order valence-electron chi connectivity index (χ2n) is 7.66. The third-order valence-corrected chi connectivity index (χ3v) is 5.25. The number of benzene rings is 2. The molecular formula is C27H30N4O4. The van der Waals surface area contributed by atoms with Gasteiger partial charge in [0.15, 0.2) is 11.5 Å². The van der Waals surface area contributed by atoms with Gasteiger partial charge in [-0.25, -0.2) is 0 Å². The minimum atomic E-state index is -0.432. The molecule has 8 nitrogen and oxygen atoms in total. The number of hydrogen-bond donors (Lipinski definition) is 1. The zero-order chi connectivity index (χ0) is 25.0. The van der Waals surface area contributed by atoms with E-state index in [1.54, 1.807) is 31.0 Å². The molecule has 0 saturated carbocycles. The number of carbonyl (C=O) groups is 1. The van der Waals surface area contributed by atoms with Crippen LogP contribution in [0.1, 0.15) is 24.5 Å². The largest absolute Gasteiger partial charge is 0.493 e. The van der Waals surface area contributed by atoms with Gasteiger partial charge in [0.1, 0.15) is 11.6 Å². The lowest BCUT2D eigenvalue weighted by Crippen LogP contribution is -2.26. The smallest absolute Gasteiger partial charge is 0.261 e. The van der Waals surface area contributed by atoms with Crippen molar-refractivity contribution >= 4 is 12.0 Å². The van der Waals surface area contributed by atoms with Crippen LogP contribution in [0.25, 0.3) is 17.3 Å². The Morgan fingerprint density at radius 2 is 1.91 bits per heavy atom. The first-order valence-corrected chi connectivity index (χ1v) is 11.4. The van der Waals surface area contributed by atoms with Crippen molar-refractivity contribution in [2.75, 3.05) is 34.0 Å². The van der Waals surface area contributed by atoms with Crippen LogP contribution in [0.4, 0.5) is 0 Å². The summed E-state index contributed by atoms with van der Waals surface area (Å²) in [5.41, 5.74) is 3.13. The Labute approximate surface area is 205 Å². The topological polar surface area (TPSA) is 98.4 Å². The zero-order valence-electron chi connectivity index (χ0n) is 20.3. The Morgan fingerprint density at radius 1 is 1.14 bits per heavy atom. The molecule has 3 rings (SSSR count). The van der Waals surface area contributed by atoms with Crippen molar-refractivity contribution in [1.82, 2.24) is 15.1 Å². The maximum Gasteiger partial charge on any atom is 0.261 e. The summed E-state index contributed by atoms with van der Waals surface area (Å²) in [6.07, 6.45) is 4.07. The normalized spacial score (nSPS) is 11.1. The summed E-state index contributed by atoms with van der Waals surface area (Å²) in [6, 6.07) is 17.4. The highest BCUT2D eigenvalue weighted by Gasteiger charge is 2.16. The Balaban J connectivity index is 1.95. The van der Waals surface area contributed by atoms with Gasteiger partial charge in [0, 0.05) is 37.1 Å². The molecule has 8 heteroatoms. The number of nitrogens with one attached hydrogen (secondary N) is 1. The molecule has 1 aromatic heterocycles. The summed E-state index contributed by atoms with van der Waals surface area (Å²) in [6.45, 7) is 4.07. The van der Waals surface area contributed by atoms with Crippen molar-refractivity contribution in [1.29, 1.82) is 5.26 Å². The highest BCUT2D eigenvalue weighted by molar-refractivity contribution is 6.02. The number of nitrogens with zero attached hydrogens (tertiary/aromatic N) is 3. The van der Waals surface area contributed by atoms with Crippen molar-refractivity contribution < 1.29 is 19.0 Å². The van der Waals surface area contributed by atoms with Gasteiger partial charge in [-0.3, -0.25) is 9.48 Å². The fourth-order valence-corrected chi connectivity index (χ4v) is 3.52. The summed E-state index contributed by atoms with van der Waals surface area (Å²) < 4.78 is 17.9. The molecule has 35 heavy (non-hydrogen) atoms. The average Bonchev–Trinajstić information content (AvgIpc) is 3.29. The molecule has 2 aromatic carbocycles. The number of nitriles is 1. The van der Waals surface area contributed by atoms with E-state index in [4.69, 9.17) is 19.3 Å². The first-order valence-electron chi connectivity index (χ1n) is 11.4. The zero-order valence-corrected chi connectivity index (χ0v) is 20.3. The van der Waals surface area contributed by atoms with E-state index >= 15 is 0 Å². The van der Waals surface area contributed by atoms with Gasteiger partial charge in [-0.2, -0.15) is 10.4 Å². The number of ether oxygens (including phenoxy) is 3. The first-order chi connectivity index (χ1) is 17.1. The maximum atomic E-state index is 12.6. The number of rotatable bonds is 12. The number of aromatic nitrogens is 2. The molecule has 0 aliphatic rings. The van der Waals surface area contributed by atoms with Crippen molar-refractivity contribution in [3.05, 3.63) is 71.4 Å². The van der Waals surface area contributed by atoms with Gasteiger partial charge in [0.25, 0.3) is 5.91 Å². The molecule has 0 unspecified atom stereocenters. The van der Waals surface area contributed by atoms with Crippen LogP contribution in [0.2, 0.25) is 0 Å². The van der Waals surface area contributed by atoms with E-state index in [-0.39, 0.29) is 5.57 Å². The van der Waals surface area contributed by atoms with E-state index in [1.165, 1.54) is 0 Å². The van der Waals surface area contributed by atoms with Crippen LogP contribution < -0.4 is 14.8 Å². The van der Waals surface area contributed by atoms with Gasteiger partial charge in [0.2, 0.25) is 0 Å². The molecule has 0 aliphatic heterocycles. The van der Waals surface area contributed by atoms with Crippen LogP contribution in [0.3, 0.4) is 0 Å². The van der Waals surface area contributed by atoms with Gasteiger partial charge in [0.05, 0.1) is 26.5 Å². The molecule has 0 atom stereocenters. The third kappa shape index (κ3) is 6.95. The predicted octanol–water partition coefficient (Wildman–Crippen LogP) is 4.07. The number of hydrogen-bond acceptors (Lipinski definition) is 6. The van der Waals surface area contributed by atoms with Crippen LogP contribution in [-0.4, -0.2) is 49.7 Å². The van der Waals surface area contributed by atoms with E-state index in [9.17, 15) is 10.1 Å². The minimum Gasteiger partial charge on any atom is -0.493 e. The van der Waals surface area contributed by atoms with Gasteiger partial charge < -0.3 is 19.5 Å². The molecule has 0 fully saturated rings. The molecule has 1 heterocycles. The van der Waals surface area contributed by atoms with Crippen molar-refractivity contribution in [3.63, 3.8) is 0 Å². The van der Waals surface area contributed by atoms with Gasteiger partial charge in [-0.15, -0.1) is 0 Å². The summed E-state index contributed by atoms with van der Waals surface area (Å²) in [5, 5.41) is 17.2. The Kier molecular flexibility index (Phi) is 9.46. The molecule has 3 aromatic rings. The number of methoxy groups -OCH3 is 2. The van der Waals surface area contributed by atoms with Gasteiger partial charge >= 0.3 is 0 Å². The summed E-state index contributed by atoms with van der Waals surface area (Å²) in [4.78, 5) is 12.6. The lowest BCUT2D eigenvalue weighted by atomic mass is 10.1. The first kappa shape index (κ1) is 25.5. The predicted molar refractivity (Wildman–Crippen MR) is 134 cm³/mol. The summed E-state index contributed by atoms with van der Waals surface area (Å²) >= 11 is 0. The Morgan fingerprint density at radius 3 is 2.60 bits per heavy atom. The maximum absolute atomic E-state index is 12.6. The fraction of sp³-hybridized carbons (Fsp3) is 0.296. The molecule has 0 bridgehead atoms. The Hall–Kier alpha value is -4.09. The second kappa shape index (κ2) is 13.0. The standard InChI is InChI=1S/C27H30N4O4/c1-4-35-14-8-13-29-27(32)22(17-28)15-23-19-31(18-20-9-6-5-7-10-20)30-26(23)21-11-12-24(33-2)25(16-21)34-3/h5-7,9-12,15-16,19H,4,8,13-14,18H2,1-3H3,(H,29,32)/b22-15+. The lowest BCUT2D eigenvalue weighted by molar-refractivity contribution is -0.117. The highest BCUT2D eigenvalue weighted by Crippen LogP contribution is 2.33. The quantitative estimate of drug-likeness (QED) is 0.241. The molecule has 0 aliphatic carbocycles. The minimum absolute atomic E-state index is 0.00222. The SMILES string of the molecule is CCOCCCNC(=O)/C(C#N)=C/c1cn(Cc2ccccc2)nc1-c1ccc(OC)c(OC)c1. The van der Waals surface area contributed by atoms with Crippen molar-refractivity contribution in [2.45, 2.75) is 19.9 Å². The monoisotopic (exact) mass is 474 g/mol. The molecule has 1 amide bonds. The van der Waals surface area contributed by atoms with Crippen LogP contribution in [0.15, 0.2) is 60.3 Å². The van der Waals surface area contributed by atoms with E-state index in [2.05, 4.69) is 5.32 Å². The number of amides is 1. The summed E-state index contributed by atoms with van der Waals surface area (Å²) in [7, 11) is 3.15. The van der Waals surface area contributed by atoms with Crippen LogP contribution >= 0.6 is 0 Å². The van der Waals surface area contributed by atoms with Crippen LogP contribution in [0, 0.1) is 11.3 Å². The lowest BCUT2D eigenvalue weighted by Gasteiger charge is -2.09. The van der Waals surface area contributed by atoms with E-state index in [1.807, 2.05) is 61.7 Å². The molecule has 1 N–H and O–H groups in total.